The number of nitrogens with one attached hydrogen (secondary N) is 1. The van der Waals surface area contributed by atoms with Gasteiger partial charge in [0.25, 0.3) is 0 Å². The third-order valence-electron chi connectivity index (χ3n) is 4.11. The van der Waals surface area contributed by atoms with E-state index in [1.165, 1.54) is 36.0 Å². The van der Waals surface area contributed by atoms with Gasteiger partial charge in [0.15, 0.2) is 5.82 Å². The first-order chi connectivity index (χ1) is 13.6. The molecule has 0 aliphatic heterocycles. The summed E-state index contributed by atoms with van der Waals surface area (Å²) in [6.07, 6.45) is -2.97. The van der Waals surface area contributed by atoms with Gasteiger partial charge < -0.3 is 4.74 Å². The lowest BCUT2D eigenvalue weighted by Crippen LogP contribution is -2.19. The van der Waals surface area contributed by atoms with E-state index in [1.807, 2.05) is 0 Å². The van der Waals surface area contributed by atoms with Crippen molar-refractivity contribution in [3.8, 4) is 17.1 Å². The molecule has 1 aromatic heterocycles. The molecule has 0 saturated heterocycles. The van der Waals surface area contributed by atoms with Crippen LogP contribution in [0.25, 0.3) is 11.4 Å². The first-order valence-corrected chi connectivity index (χ1v) is 10.0. The van der Waals surface area contributed by atoms with E-state index in [2.05, 4.69) is 25.0 Å². The van der Waals surface area contributed by atoms with Crippen LogP contribution in [0.1, 0.15) is 18.1 Å². The Morgan fingerprint density at radius 3 is 2.59 bits per heavy atom. The van der Waals surface area contributed by atoms with Crippen molar-refractivity contribution in [2.24, 2.45) is 7.05 Å². The Hall–Kier alpha value is -2.92. The van der Waals surface area contributed by atoms with E-state index < -0.39 is 16.1 Å². The molecule has 0 atom stereocenters. The van der Waals surface area contributed by atoms with E-state index in [-0.39, 0.29) is 10.6 Å². The van der Waals surface area contributed by atoms with Crippen molar-refractivity contribution >= 4 is 10.0 Å². The number of hydrogen-bond donors (Lipinski definition) is 1. The quantitative estimate of drug-likeness (QED) is 0.626. The molecule has 1 N–H and O–H groups in total. The van der Waals surface area contributed by atoms with E-state index in [0.29, 0.717) is 30.3 Å². The van der Waals surface area contributed by atoms with Crippen molar-refractivity contribution in [1.29, 1.82) is 0 Å². The van der Waals surface area contributed by atoms with E-state index >= 15 is 0 Å². The maximum Gasteiger partial charge on any atom is 0.394 e. The van der Waals surface area contributed by atoms with Crippen molar-refractivity contribution in [3.63, 3.8) is 0 Å². The maximum atomic E-state index is 13.1. The molecule has 3 rings (SSSR count). The van der Waals surface area contributed by atoms with Crippen LogP contribution in [-0.2, 0) is 23.5 Å². The second-order valence-corrected chi connectivity index (χ2v) is 8.27. The van der Waals surface area contributed by atoms with Crippen molar-refractivity contribution in [1.82, 2.24) is 24.9 Å². The fourth-order valence-electron chi connectivity index (χ4n) is 2.81. The second kappa shape index (κ2) is 7.84. The predicted octanol–water partition coefficient (Wildman–Crippen LogP) is 2.37. The van der Waals surface area contributed by atoms with E-state index in [1.54, 1.807) is 25.2 Å². The van der Waals surface area contributed by atoms with Gasteiger partial charge in [0, 0.05) is 19.5 Å². The van der Waals surface area contributed by atoms with Gasteiger partial charge >= 0.3 is 6.11 Å². The highest BCUT2D eigenvalue weighted by Gasteiger charge is 2.23. The topological polar surface area (TPSA) is 99.0 Å². The molecule has 0 spiro atoms. The number of ether oxygens (including phenoxy) is 1. The summed E-state index contributed by atoms with van der Waals surface area (Å²) in [4.78, 5) is 0.0597. The summed E-state index contributed by atoms with van der Waals surface area (Å²) in [5, 5.41) is 11.4. The van der Waals surface area contributed by atoms with E-state index in [4.69, 9.17) is 0 Å². The van der Waals surface area contributed by atoms with Gasteiger partial charge in [0.2, 0.25) is 10.0 Å². The predicted molar refractivity (Wildman–Crippen MR) is 101 cm³/mol. The molecule has 11 heteroatoms. The van der Waals surface area contributed by atoms with E-state index in [0.717, 1.165) is 5.56 Å². The van der Waals surface area contributed by atoms with Gasteiger partial charge in [-0.05, 0) is 59.3 Å². The van der Waals surface area contributed by atoms with Crippen LogP contribution in [-0.4, -0.2) is 41.8 Å². The van der Waals surface area contributed by atoms with Gasteiger partial charge in [-0.1, -0.05) is 18.2 Å². The van der Waals surface area contributed by atoms with Crippen molar-refractivity contribution < 1.29 is 21.9 Å². The van der Waals surface area contributed by atoms with Gasteiger partial charge in [-0.25, -0.2) is 17.8 Å². The SMILES string of the molecule is CNS(=O)(=O)c1ccc(Cc2cccc(OC(C)(F)F)c2)c(-c2nnnn2C)c1. The monoisotopic (exact) mass is 423 g/mol. The number of nitrogens with zero attached hydrogens (tertiary/aromatic N) is 4. The van der Waals surface area contributed by atoms with Gasteiger partial charge in [-0.15, -0.1) is 5.10 Å². The molecular formula is C18H19F2N5O3S. The summed E-state index contributed by atoms with van der Waals surface area (Å²) >= 11 is 0. The van der Waals surface area contributed by atoms with Crippen LogP contribution >= 0.6 is 0 Å². The number of alkyl halides is 2. The minimum absolute atomic E-state index is 0.0336. The molecule has 0 bridgehead atoms. The van der Waals surface area contributed by atoms with Crippen molar-refractivity contribution in [2.45, 2.75) is 24.3 Å². The highest BCUT2D eigenvalue weighted by Crippen LogP contribution is 2.28. The molecule has 2 aromatic carbocycles. The Morgan fingerprint density at radius 1 is 1.21 bits per heavy atom. The summed E-state index contributed by atoms with van der Waals surface area (Å²) in [5.74, 6) is 0.409. The van der Waals surface area contributed by atoms with Crippen LogP contribution in [0.3, 0.4) is 0 Å². The van der Waals surface area contributed by atoms with E-state index in [9.17, 15) is 17.2 Å². The number of benzene rings is 2. The molecular weight excluding hydrogens is 404 g/mol. The number of aryl methyl sites for hydroxylation is 1. The molecule has 0 unspecified atom stereocenters. The average molecular weight is 423 g/mol. The summed E-state index contributed by atoms with van der Waals surface area (Å²) in [7, 11) is -0.716. The number of tetrazole rings is 1. The van der Waals surface area contributed by atoms with Crippen molar-refractivity contribution in [3.05, 3.63) is 53.6 Å². The number of rotatable bonds is 7. The third kappa shape index (κ3) is 4.93. The first kappa shape index (κ1) is 20.8. The van der Waals surface area contributed by atoms with Gasteiger partial charge in [0.1, 0.15) is 5.75 Å². The number of halogens is 2. The van der Waals surface area contributed by atoms with Crippen LogP contribution in [0.4, 0.5) is 8.78 Å². The minimum atomic E-state index is -3.67. The Bertz CT molecular complexity index is 1130. The highest BCUT2D eigenvalue weighted by molar-refractivity contribution is 7.89. The molecule has 0 amide bonds. The Morgan fingerprint density at radius 2 is 1.97 bits per heavy atom. The maximum absolute atomic E-state index is 13.1. The smallest absolute Gasteiger partial charge is 0.394 e. The molecule has 8 nitrogen and oxygen atoms in total. The highest BCUT2D eigenvalue weighted by atomic mass is 32.2. The molecule has 0 fully saturated rings. The summed E-state index contributed by atoms with van der Waals surface area (Å²) in [5.41, 5.74) is 1.94. The fraction of sp³-hybridized carbons (Fsp3) is 0.278. The summed E-state index contributed by atoms with van der Waals surface area (Å²) in [6, 6.07) is 10.9. The van der Waals surface area contributed by atoms with Crippen LogP contribution in [0.15, 0.2) is 47.4 Å². The number of aromatic nitrogens is 4. The molecule has 0 saturated carbocycles. The molecule has 29 heavy (non-hydrogen) atoms. The largest absolute Gasteiger partial charge is 0.433 e. The molecule has 0 aliphatic rings. The Labute approximate surface area is 166 Å². The van der Waals surface area contributed by atoms with Crippen LogP contribution in [0.2, 0.25) is 0 Å². The number of sulfonamides is 1. The van der Waals surface area contributed by atoms with Crippen molar-refractivity contribution in [2.75, 3.05) is 7.05 Å². The molecule has 0 aliphatic carbocycles. The standard InChI is InChI=1S/C18H19F2N5O3S/c1-18(19,20)28-14-6-4-5-12(10-14)9-13-7-8-15(29(26,27)21-2)11-16(13)17-22-23-24-25(17)3/h4-8,10-11,21H,9H2,1-3H3. The molecule has 154 valence electrons. The molecule has 1 heterocycles. The fourth-order valence-corrected chi connectivity index (χ4v) is 3.56. The molecule has 3 aromatic rings. The second-order valence-electron chi connectivity index (χ2n) is 6.39. The third-order valence-corrected chi connectivity index (χ3v) is 5.52. The van der Waals surface area contributed by atoms with Crippen LogP contribution in [0, 0.1) is 0 Å². The zero-order valence-electron chi connectivity index (χ0n) is 15.9. The minimum Gasteiger partial charge on any atom is -0.433 e. The zero-order chi connectivity index (χ0) is 21.2. The average Bonchev–Trinajstić information content (AvgIpc) is 3.06. The number of hydrogen-bond acceptors (Lipinski definition) is 6. The Balaban J connectivity index is 2.04. The van der Waals surface area contributed by atoms with Gasteiger partial charge in [-0.3, -0.25) is 0 Å². The van der Waals surface area contributed by atoms with Crippen LogP contribution < -0.4 is 9.46 Å². The lowest BCUT2D eigenvalue weighted by molar-refractivity contribution is -0.158. The summed E-state index contributed by atoms with van der Waals surface area (Å²) < 4.78 is 59.0. The van der Waals surface area contributed by atoms with Gasteiger partial charge in [0.05, 0.1) is 4.90 Å². The lowest BCUT2D eigenvalue weighted by Gasteiger charge is -2.15. The molecule has 0 radical (unpaired) electrons. The summed E-state index contributed by atoms with van der Waals surface area (Å²) in [6.45, 7) is 0.666. The van der Waals surface area contributed by atoms with Gasteiger partial charge in [-0.2, -0.15) is 8.78 Å². The van der Waals surface area contributed by atoms with Crippen LogP contribution in [0.5, 0.6) is 5.75 Å². The normalized spacial score (nSPS) is 12.2. The lowest BCUT2D eigenvalue weighted by atomic mass is 9.99. The zero-order valence-corrected chi connectivity index (χ0v) is 16.7. The first-order valence-electron chi connectivity index (χ1n) is 8.54. The Kier molecular flexibility index (Phi) is 5.62.